The van der Waals surface area contributed by atoms with Crippen LogP contribution < -0.4 is 10.1 Å². The lowest BCUT2D eigenvalue weighted by Gasteiger charge is -2.21. The van der Waals surface area contributed by atoms with E-state index in [1.54, 1.807) is 35.2 Å². The van der Waals surface area contributed by atoms with Crippen molar-refractivity contribution in [3.05, 3.63) is 53.9 Å². The summed E-state index contributed by atoms with van der Waals surface area (Å²) < 4.78 is 5.39. The van der Waals surface area contributed by atoms with Crippen molar-refractivity contribution >= 4 is 17.5 Å². The Hall–Kier alpha value is -2.89. The highest BCUT2D eigenvalue weighted by molar-refractivity contribution is 6.05. The van der Waals surface area contributed by atoms with E-state index in [1.165, 1.54) is 12.4 Å². The fourth-order valence-corrected chi connectivity index (χ4v) is 2.72. The minimum Gasteiger partial charge on any atom is -0.494 e. The fourth-order valence-electron chi connectivity index (χ4n) is 2.72. The number of hydrogen-bond donors (Lipinski definition) is 1. The summed E-state index contributed by atoms with van der Waals surface area (Å²) in [5, 5.41) is 2.81. The van der Waals surface area contributed by atoms with E-state index in [0.29, 0.717) is 36.5 Å². The fraction of sp³-hybridized carbons (Fsp3) is 0.381. The molecule has 144 valence electrons. The monoisotopic (exact) mass is 369 g/mol. The minimum absolute atomic E-state index is 0.0954. The topological polar surface area (TPSA) is 71.5 Å². The number of pyridine rings is 1. The zero-order valence-electron chi connectivity index (χ0n) is 16.2. The zero-order valence-corrected chi connectivity index (χ0v) is 16.2. The van der Waals surface area contributed by atoms with Crippen LogP contribution in [-0.4, -0.2) is 41.4 Å². The number of amides is 2. The van der Waals surface area contributed by atoms with Gasteiger partial charge in [-0.05, 0) is 50.1 Å². The number of carbonyl (C=O) groups is 2. The normalized spacial score (nSPS) is 10.3. The molecule has 6 heteroatoms. The summed E-state index contributed by atoms with van der Waals surface area (Å²) in [6.07, 6.45) is 4.74. The number of carbonyl (C=O) groups excluding carboxylic acids is 2. The third kappa shape index (κ3) is 5.81. The van der Waals surface area contributed by atoms with Crippen LogP contribution in [0.1, 0.15) is 54.3 Å². The van der Waals surface area contributed by atoms with Gasteiger partial charge in [-0.3, -0.25) is 14.6 Å². The van der Waals surface area contributed by atoms with Crippen molar-refractivity contribution in [2.45, 2.75) is 33.6 Å². The highest BCUT2D eigenvalue weighted by atomic mass is 16.5. The molecule has 0 spiro atoms. The Morgan fingerprint density at radius 1 is 1.00 bits per heavy atom. The molecule has 0 saturated carbocycles. The first-order valence-electron chi connectivity index (χ1n) is 9.37. The number of benzene rings is 1. The molecule has 0 bridgehead atoms. The van der Waals surface area contributed by atoms with E-state index in [-0.39, 0.29) is 11.8 Å². The van der Waals surface area contributed by atoms with Crippen LogP contribution in [0.5, 0.6) is 5.75 Å². The van der Waals surface area contributed by atoms with Crippen LogP contribution in [0.3, 0.4) is 0 Å². The van der Waals surface area contributed by atoms with Gasteiger partial charge in [0, 0.05) is 31.2 Å². The molecule has 1 aromatic carbocycles. The summed E-state index contributed by atoms with van der Waals surface area (Å²) in [7, 11) is 0. The maximum atomic E-state index is 12.7. The Labute approximate surface area is 160 Å². The second kappa shape index (κ2) is 10.3. The van der Waals surface area contributed by atoms with Gasteiger partial charge in [-0.25, -0.2) is 0 Å². The lowest BCUT2D eigenvalue weighted by molar-refractivity contribution is 0.0755. The molecule has 0 aliphatic carbocycles. The molecule has 0 aliphatic rings. The first-order valence-corrected chi connectivity index (χ1v) is 9.37. The van der Waals surface area contributed by atoms with Crippen LogP contribution in [0.4, 0.5) is 5.69 Å². The molecular weight excluding hydrogens is 342 g/mol. The molecule has 6 nitrogen and oxygen atoms in total. The number of nitrogens with zero attached hydrogens (tertiary/aromatic N) is 2. The van der Waals surface area contributed by atoms with Crippen molar-refractivity contribution in [3.8, 4) is 5.75 Å². The SMILES string of the molecule is CCCN(CCC)C(=O)c1cncc(C(=O)Nc2ccc(OCC)cc2)c1. The molecule has 1 N–H and O–H groups in total. The van der Waals surface area contributed by atoms with Gasteiger partial charge < -0.3 is 15.0 Å². The number of rotatable bonds is 9. The molecule has 2 aromatic rings. The van der Waals surface area contributed by atoms with Crippen molar-refractivity contribution in [1.82, 2.24) is 9.88 Å². The van der Waals surface area contributed by atoms with Crippen molar-refractivity contribution in [3.63, 3.8) is 0 Å². The van der Waals surface area contributed by atoms with Crippen LogP contribution in [0.2, 0.25) is 0 Å². The van der Waals surface area contributed by atoms with E-state index >= 15 is 0 Å². The van der Waals surface area contributed by atoms with Gasteiger partial charge in [-0.15, -0.1) is 0 Å². The highest BCUT2D eigenvalue weighted by Crippen LogP contribution is 2.17. The van der Waals surface area contributed by atoms with E-state index in [9.17, 15) is 9.59 Å². The summed E-state index contributed by atoms with van der Waals surface area (Å²) in [6, 6.07) is 8.73. The predicted molar refractivity (Wildman–Crippen MR) is 106 cm³/mol. The van der Waals surface area contributed by atoms with Crippen LogP contribution in [0, 0.1) is 0 Å². The third-order valence-electron chi connectivity index (χ3n) is 3.94. The Morgan fingerprint density at radius 3 is 2.22 bits per heavy atom. The van der Waals surface area contributed by atoms with Crippen molar-refractivity contribution in [2.75, 3.05) is 25.0 Å². The molecule has 0 radical (unpaired) electrons. The molecule has 1 heterocycles. The largest absolute Gasteiger partial charge is 0.494 e. The molecule has 0 saturated heterocycles. The summed E-state index contributed by atoms with van der Waals surface area (Å²) in [6.45, 7) is 7.96. The van der Waals surface area contributed by atoms with Gasteiger partial charge in [0.1, 0.15) is 5.75 Å². The smallest absolute Gasteiger partial charge is 0.257 e. The maximum absolute atomic E-state index is 12.7. The number of hydrogen-bond acceptors (Lipinski definition) is 4. The van der Waals surface area contributed by atoms with Gasteiger partial charge >= 0.3 is 0 Å². The predicted octanol–water partition coefficient (Wildman–Crippen LogP) is 3.99. The lowest BCUT2D eigenvalue weighted by Crippen LogP contribution is -2.32. The van der Waals surface area contributed by atoms with E-state index in [2.05, 4.69) is 10.3 Å². The summed E-state index contributed by atoms with van der Waals surface area (Å²) in [5.41, 5.74) is 1.43. The Kier molecular flexibility index (Phi) is 7.79. The van der Waals surface area contributed by atoms with Crippen LogP contribution >= 0.6 is 0 Å². The van der Waals surface area contributed by atoms with E-state index in [4.69, 9.17) is 4.74 Å². The molecule has 2 amide bonds. The number of aromatic nitrogens is 1. The van der Waals surface area contributed by atoms with E-state index in [0.717, 1.165) is 18.6 Å². The Bertz CT molecular complexity index is 754. The first kappa shape index (κ1) is 20.4. The first-order chi connectivity index (χ1) is 13.1. The second-order valence-corrected chi connectivity index (χ2v) is 6.17. The van der Waals surface area contributed by atoms with E-state index < -0.39 is 0 Å². The molecular formula is C21H27N3O3. The second-order valence-electron chi connectivity index (χ2n) is 6.17. The minimum atomic E-state index is -0.307. The quantitative estimate of drug-likeness (QED) is 0.725. The maximum Gasteiger partial charge on any atom is 0.257 e. The Morgan fingerprint density at radius 2 is 1.63 bits per heavy atom. The van der Waals surface area contributed by atoms with Gasteiger partial charge in [-0.2, -0.15) is 0 Å². The highest BCUT2D eigenvalue weighted by Gasteiger charge is 2.17. The average Bonchev–Trinajstić information content (AvgIpc) is 2.69. The van der Waals surface area contributed by atoms with Gasteiger partial charge in [0.25, 0.3) is 11.8 Å². The molecule has 0 atom stereocenters. The number of anilines is 1. The van der Waals surface area contributed by atoms with Gasteiger partial charge in [0.05, 0.1) is 17.7 Å². The molecule has 0 unspecified atom stereocenters. The summed E-state index contributed by atoms with van der Waals surface area (Å²) >= 11 is 0. The Balaban J connectivity index is 2.11. The molecule has 0 fully saturated rings. The van der Waals surface area contributed by atoms with Crippen LogP contribution in [0.25, 0.3) is 0 Å². The lowest BCUT2D eigenvalue weighted by atomic mass is 10.1. The summed E-state index contributed by atoms with van der Waals surface area (Å²) in [4.78, 5) is 31.1. The van der Waals surface area contributed by atoms with Crippen molar-refractivity contribution in [2.24, 2.45) is 0 Å². The molecule has 1 aromatic heterocycles. The molecule has 27 heavy (non-hydrogen) atoms. The van der Waals surface area contributed by atoms with Gasteiger partial charge in [0.2, 0.25) is 0 Å². The molecule has 2 rings (SSSR count). The third-order valence-corrected chi connectivity index (χ3v) is 3.94. The van der Waals surface area contributed by atoms with Crippen LogP contribution in [0.15, 0.2) is 42.7 Å². The summed E-state index contributed by atoms with van der Waals surface area (Å²) in [5.74, 6) is 0.345. The number of ether oxygens (including phenoxy) is 1. The van der Waals surface area contributed by atoms with Crippen molar-refractivity contribution in [1.29, 1.82) is 0 Å². The van der Waals surface area contributed by atoms with Gasteiger partial charge in [-0.1, -0.05) is 13.8 Å². The standard InChI is InChI=1S/C21H27N3O3/c1-4-11-24(12-5-2)21(26)17-13-16(14-22-15-17)20(25)23-18-7-9-19(10-8-18)27-6-3/h7-10,13-15H,4-6,11-12H2,1-3H3,(H,23,25). The number of nitrogens with one attached hydrogen (secondary N) is 1. The molecule has 0 aliphatic heterocycles. The zero-order chi connectivity index (χ0) is 19.6. The van der Waals surface area contributed by atoms with Gasteiger partial charge in [0.15, 0.2) is 0 Å². The average molecular weight is 369 g/mol. The van der Waals surface area contributed by atoms with Crippen LogP contribution in [-0.2, 0) is 0 Å². The van der Waals surface area contributed by atoms with Crippen molar-refractivity contribution < 1.29 is 14.3 Å². The van der Waals surface area contributed by atoms with E-state index in [1.807, 2.05) is 20.8 Å².